The molecule has 4 rings (SSSR count). The number of nitrogens with zero attached hydrogens (tertiary/aromatic N) is 3. The van der Waals surface area contributed by atoms with Crippen molar-refractivity contribution in [1.82, 2.24) is 20.4 Å². The highest BCUT2D eigenvalue weighted by atomic mass is 35.5. The van der Waals surface area contributed by atoms with Gasteiger partial charge in [0.05, 0.1) is 6.54 Å². The molecule has 0 aliphatic carbocycles. The van der Waals surface area contributed by atoms with Crippen LogP contribution in [0.5, 0.6) is 0 Å². The lowest BCUT2D eigenvalue weighted by Gasteiger charge is -2.25. The first kappa shape index (κ1) is 19.1. The molecule has 2 aromatic carbocycles. The summed E-state index contributed by atoms with van der Waals surface area (Å²) in [5.41, 5.74) is 1.44. The highest BCUT2D eigenvalue weighted by Gasteiger charge is 2.51. The Hall–Kier alpha value is -3.19. The Bertz CT molecular complexity index is 1060. The number of urea groups is 1. The van der Waals surface area contributed by atoms with Gasteiger partial charge >= 0.3 is 6.03 Å². The van der Waals surface area contributed by atoms with E-state index in [4.69, 9.17) is 16.1 Å². The zero-order valence-corrected chi connectivity index (χ0v) is 16.7. The molecule has 148 valence electrons. The van der Waals surface area contributed by atoms with Gasteiger partial charge in [0.15, 0.2) is 5.82 Å². The first-order chi connectivity index (χ1) is 13.9. The van der Waals surface area contributed by atoms with Crippen molar-refractivity contribution >= 4 is 23.5 Å². The van der Waals surface area contributed by atoms with Gasteiger partial charge < -0.3 is 9.84 Å². The zero-order chi connectivity index (χ0) is 20.6. The van der Waals surface area contributed by atoms with E-state index in [0.717, 1.165) is 16.0 Å². The normalized spacial score (nSPS) is 18.9. The number of benzene rings is 2. The maximum atomic E-state index is 13.2. The van der Waals surface area contributed by atoms with Crippen LogP contribution in [0.1, 0.15) is 30.3 Å². The summed E-state index contributed by atoms with van der Waals surface area (Å²) >= 11 is 5.96. The van der Waals surface area contributed by atoms with Crippen LogP contribution < -0.4 is 5.32 Å². The minimum absolute atomic E-state index is 0.0740. The number of carbonyl (C=O) groups is 2. The molecule has 1 aromatic heterocycles. The average Bonchev–Trinajstić information content (AvgIpc) is 3.28. The predicted octanol–water partition coefficient (Wildman–Crippen LogP) is 4.06. The van der Waals surface area contributed by atoms with Gasteiger partial charge in [0.1, 0.15) is 5.54 Å². The number of imide groups is 1. The van der Waals surface area contributed by atoms with E-state index in [-0.39, 0.29) is 18.3 Å². The molecule has 3 amide bonds. The topological polar surface area (TPSA) is 88.3 Å². The molecule has 1 saturated heterocycles. The molecular formula is C21H19ClN4O3. The van der Waals surface area contributed by atoms with Crippen LogP contribution >= 0.6 is 11.6 Å². The van der Waals surface area contributed by atoms with Gasteiger partial charge in [-0.25, -0.2) is 4.79 Å². The number of aromatic nitrogens is 2. The lowest BCUT2D eigenvalue weighted by Crippen LogP contribution is -2.43. The second kappa shape index (κ2) is 7.33. The lowest BCUT2D eigenvalue weighted by atomic mass is 9.87. The molecule has 8 heteroatoms. The summed E-state index contributed by atoms with van der Waals surface area (Å²) in [5, 5.41) is 7.31. The Morgan fingerprint density at radius 3 is 2.45 bits per heavy atom. The quantitative estimate of drug-likeness (QED) is 0.641. The Balaban J connectivity index is 1.58. The minimum atomic E-state index is -1.13. The molecular weight excluding hydrogens is 392 g/mol. The van der Waals surface area contributed by atoms with Gasteiger partial charge in [-0.1, -0.05) is 53.5 Å². The van der Waals surface area contributed by atoms with Crippen molar-refractivity contribution in [1.29, 1.82) is 0 Å². The molecule has 0 saturated carbocycles. The Kier molecular flexibility index (Phi) is 4.84. The smallest absolute Gasteiger partial charge is 0.325 e. The van der Waals surface area contributed by atoms with Crippen LogP contribution in [-0.4, -0.2) is 27.0 Å². The summed E-state index contributed by atoms with van der Waals surface area (Å²) in [6, 6.07) is 14.0. The molecule has 0 radical (unpaired) electrons. The van der Waals surface area contributed by atoms with Gasteiger partial charge in [-0.05, 0) is 43.2 Å². The number of carbonyl (C=O) groups excluding carboxylic acids is 2. The van der Waals surface area contributed by atoms with Gasteiger partial charge in [-0.3, -0.25) is 9.69 Å². The molecule has 1 atom stereocenters. The maximum Gasteiger partial charge on any atom is 0.325 e. The van der Waals surface area contributed by atoms with Crippen LogP contribution in [0.25, 0.3) is 11.5 Å². The van der Waals surface area contributed by atoms with Gasteiger partial charge in [-0.15, -0.1) is 0 Å². The Morgan fingerprint density at radius 2 is 1.79 bits per heavy atom. The Morgan fingerprint density at radius 1 is 1.10 bits per heavy atom. The van der Waals surface area contributed by atoms with Crippen LogP contribution in [-0.2, 0) is 16.9 Å². The standard InChI is InChI=1S/C21H19ClN4O3/c1-3-21(15-8-10-16(22)11-9-15)19(27)26(20(28)24-21)12-17-23-18(29-25-17)14-6-4-13(2)5-7-14/h4-11H,3,12H2,1-2H3,(H,24,28). The molecule has 1 N–H and O–H groups in total. The fourth-order valence-electron chi connectivity index (χ4n) is 3.42. The van der Waals surface area contributed by atoms with Gasteiger partial charge in [0, 0.05) is 10.6 Å². The number of rotatable bonds is 5. The fraction of sp³-hybridized carbons (Fsp3) is 0.238. The van der Waals surface area contributed by atoms with Crippen LogP contribution in [0.15, 0.2) is 53.1 Å². The van der Waals surface area contributed by atoms with Crippen LogP contribution in [0.2, 0.25) is 5.02 Å². The predicted molar refractivity (Wildman–Crippen MR) is 107 cm³/mol. The summed E-state index contributed by atoms with van der Waals surface area (Å²) in [4.78, 5) is 31.2. The largest absolute Gasteiger partial charge is 0.334 e. The highest BCUT2D eigenvalue weighted by molar-refractivity contribution is 6.30. The molecule has 2 heterocycles. The molecule has 0 bridgehead atoms. The minimum Gasteiger partial charge on any atom is -0.334 e. The first-order valence-corrected chi connectivity index (χ1v) is 9.60. The van der Waals surface area contributed by atoms with Crippen molar-refractivity contribution in [2.75, 3.05) is 0 Å². The maximum absolute atomic E-state index is 13.2. The van der Waals surface area contributed by atoms with E-state index in [1.807, 2.05) is 38.1 Å². The van der Waals surface area contributed by atoms with E-state index in [1.54, 1.807) is 24.3 Å². The van der Waals surface area contributed by atoms with Crippen LogP contribution in [0.4, 0.5) is 4.79 Å². The molecule has 1 unspecified atom stereocenters. The van der Waals surface area contributed by atoms with Crippen molar-refractivity contribution in [3.05, 3.63) is 70.5 Å². The monoisotopic (exact) mass is 410 g/mol. The lowest BCUT2D eigenvalue weighted by molar-refractivity contribution is -0.132. The van der Waals surface area contributed by atoms with Crippen LogP contribution in [0.3, 0.4) is 0 Å². The molecule has 1 fully saturated rings. The highest BCUT2D eigenvalue weighted by Crippen LogP contribution is 2.33. The molecule has 1 aliphatic rings. The van der Waals surface area contributed by atoms with E-state index in [1.165, 1.54) is 0 Å². The molecule has 0 spiro atoms. The fourth-order valence-corrected chi connectivity index (χ4v) is 3.54. The Labute approximate surface area is 172 Å². The van der Waals surface area contributed by atoms with E-state index < -0.39 is 11.6 Å². The summed E-state index contributed by atoms with van der Waals surface area (Å²) in [5.74, 6) is 0.243. The zero-order valence-electron chi connectivity index (χ0n) is 16.0. The first-order valence-electron chi connectivity index (χ1n) is 9.23. The van der Waals surface area contributed by atoms with E-state index in [2.05, 4.69) is 15.5 Å². The summed E-state index contributed by atoms with van der Waals surface area (Å²) in [7, 11) is 0. The van der Waals surface area contributed by atoms with E-state index in [0.29, 0.717) is 22.9 Å². The SMILES string of the molecule is CCC1(c2ccc(Cl)cc2)NC(=O)N(Cc2noc(-c3ccc(C)cc3)n2)C1=O. The van der Waals surface area contributed by atoms with Crippen molar-refractivity contribution in [2.45, 2.75) is 32.4 Å². The number of hydrogen-bond acceptors (Lipinski definition) is 5. The molecule has 29 heavy (non-hydrogen) atoms. The van der Waals surface area contributed by atoms with Crippen LogP contribution in [0, 0.1) is 6.92 Å². The average molecular weight is 411 g/mol. The summed E-state index contributed by atoms with van der Waals surface area (Å²) in [6.07, 6.45) is 0.399. The molecule has 1 aliphatic heterocycles. The van der Waals surface area contributed by atoms with Gasteiger partial charge in [0.2, 0.25) is 0 Å². The van der Waals surface area contributed by atoms with Crippen molar-refractivity contribution < 1.29 is 14.1 Å². The summed E-state index contributed by atoms with van der Waals surface area (Å²) < 4.78 is 5.30. The number of halogens is 1. The van der Waals surface area contributed by atoms with Crippen molar-refractivity contribution in [3.8, 4) is 11.5 Å². The van der Waals surface area contributed by atoms with E-state index in [9.17, 15) is 9.59 Å². The molecule has 3 aromatic rings. The third-order valence-electron chi connectivity index (χ3n) is 5.11. The van der Waals surface area contributed by atoms with Crippen molar-refractivity contribution in [2.24, 2.45) is 0 Å². The number of nitrogens with one attached hydrogen (secondary N) is 1. The molecule has 7 nitrogen and oxygen atoms in total. The van der Waals surface area contributed by atoms with Gasteiger partial charge in [-0.2, -0.15) is 4.98 Å². The van der Waals surface area contributed by atoms with E-state index >= 15 is 0 Å². The van der Waals surface area contributed by atoms with Crippen molar-refractivity contribution in [3.63, 3.8) is 0 Å². The second-order valence-corrected chi connectivity index (χ2v) is 7.41. The second-order valence-electron chi connectivity index (χ2n) is 6.97. The third kappa shape index (κ3) is 3.38. The number of hydrogen-bond donors (Lipinski definition) is 1. The summed E-state index contributed by atoms with van der Waals surface area (Å²) in [6.45, 7) is 3.76. The van der Waals surface area contributed by atoms with Gasteiger partial charge in [0.25, 0.3) is 11.8 Å². The third-order valence-corrected chi connectivity index (χ3v) is 5.36. The number of aryl methyl sites for hydroxylation is 1. The number of amides is 3.